The zero-order valence-corrected chi connectivity index (χ0v) is 12.0. The normalized spacial score (nSPS) is 11.8. The number of methoxy groups -OCH3 is 1. The fraction of sp³-hybridized carbons (Fsp3) is 0.429. The Hall–Kier alpha value is -2.08. The van der Waals surface area contributed by atoms with Gasteiger partial charge in [-0.25, -0.2) is 0 Å². The molecule has 2 amide bonds. The maximum absolute atomic E-state index is 12.0. The fourth-order valence-electron chi connectivity index (χ4n) is 1.56. The molecule has 6 nitrogen and oxygen atoms in total. The van der Waals surface area contributed by atoms with Gasteiger partial charge >= 0.3 is 0 Å². The van der Waals surface area contributed by atoms with Gasteiger partial charge in [0.25, 0.3) is 5.91 Å². The minimum Gasteiger partial charge on any atom is -0.398 e. The quantitative estimate of drug-likeness (QED) is 0.521. The van der Waals surface area contributed by atoms with Crippen molar-refractivity contribution in [2.75, 3.05) is 26.0 Å². The number of anilines is 1. The molecule has 20 heavy (non-hydrogen) atoms. The van der Waals surface area contributed by atoms with Crippen LogP contribution in [0.15, 0.2) is 18.2 Å². The summed E-state index contributed by atoms with van der Waals surface area (Å²) in [7, 11) is 1.55. The highest BCUT2D eigenvalue weighted by Crippen LogP contribution is 2.12. The molecule has 1 unspecified atom stereocenters. The fourth-order valence-corrected chi connectivity index (χ4v) is 1.56. The van der Waals surface area contributed by atoms with Crippen molar-refractivity contribution in [3.63, 3.8) is 0 Å². The molecule has 6 heteroatoms. The second-order valence-electron chi connectivity index (χ2n) is 4.55. The predicted octanol–water partition coefficient (Wildman–Crippen LogP) is 0.458. The van der Waals surface area contributed by atoms with Gasteiger partial charge in [-0.15, -0.1) is 0 Å². The lowest BCUT2D eigenvalue weighted by Crippen LogP contribution is -2.45. The maximum atomic E-state index is 12.0. The highest BCUT2D eigenvalue weighted by molar-refractivity contribution is 5.98. The number of hydrogen-bond donors (Lipinski definition) is 3. The number of hydrogen-bond acceptors (Lipinski definition) is 4. The van der Waals surface area contributed by atoms with Crippen molar-refractivity contribution in [3.8, 4) is 0 Å². The van der Waals surface area contributed by atoms with Crippen LogP contribution in [0.1, 0.15) is 22.8 Å². The third-order valence-electron chi connectivity index (χ3n) is 2.89. The monoisotopic (exact) mass is 279 g/mol. The Bertz CT molecular complexity index is 489. The lowest BCUT2D eigenvalue weighted by Gasteiger charge is -2.14. The molecule has 0 saturated heterocycles. The van der Waals surface area contributed by atoms with Crippen molar-refractivity contribution in [3.05, 3.63) is 29.3 Å². The Morgan fingerprint density at radius 3 is 2.70 bits per heavy atom. The van der Waals surface area contributed by atoms with E-state index in [9.17, 15) is 9.59 Å². The summed E-state index contributed by atoms with van der Waals surface area (Å²) in [6.45, 7) is 4.33. The van der Waals surface area contributed by atoms with Crippen molar-refractivity contribution >= 4 is 17.5 Å². The lowest BCUT2D eigenvalue weighted by molar-refractivity contribution is -0.122. The SMILES string of the molecule is COCCNC(=O)C(C)NC(=O)c1ccc(C)c(N)c1. The second kappa shape index (κ2) is 7.49. The summed E-state index contributed by atoms with van der Waals surface area (Å²) in [6, 6.07) is 4.42. The summed E-state index contributed by atoms with van der Waals surface area (Å²) in [5, 5.41) is 5.28. The molecule has 0 saturated carbocycles. The summed E-state index contributed by atoms with van der Waals surface area (Å²) < 4.78 is 4.83. The highest BCUT2D eigenvalue weighted by Gasteiger charge is 2.16. The van der Waals surface area contributed by atoms with Crippen LogP contribution in [-0.2, 0) is 9.53 Å². The van der Waals surface area contributed by atoms with Crippen LogP contribution < -0.4 is 16.4 Å². The van der Waals surface area contributed by atoms with Crippen molar-refractivity contribution in [1.82, 2.24) is 10.6 Å². The Morgan fingerprint density at radius 1 is 1.40 bits per heavy atom. The van der Waals surface area contributed by atoms with E-state index in [1.807, 2.05) is 6.92 Å². The number of nitrogens with one attached hydrogen (secondary N) is 2. The van der Waals surface area contributed by atoms with Gasteiger partial charge in [-0.3, -0.25) is 9.59 Å². The second-order valence-corrected chi connectivity index (χ2v) is 4.55. The van der Waals surface area contributed by atoms with E-state index in [0.29, 0.717) is 24.4 Å². The van der Waals surface area contributed by atoms with E-state index in [4.69, 9.17) is 10.5 Å². The number of carbonyl (C=O) groups is 2. The minimum atomic E-state index is -0.623. The average Bonchev–Trinajstić information content (AvgIpc) is 2.41. The summed E-state index contributed by atoms with van der Waals surface area (Å²) in [6.07, 6.45) is 0. The topological polar surface area (TPSA) is 93.5 Å². The number of rotatable bonds is 6. The van der Waals surface area contributed by atoms with E-state index in [0.717, 1.165) is 5.56 Å². The molecule has 1 rings (SSSR count). The van der Waals surface area contributed by atoms with Gasteiger partial charge in [0.15, 0.2) is 0 Å². The Kier molecular flexibility index (Phi) is 5.99. The van der Waals surface area contributed by atoms with Gasteiger partial charge < -0.3 is 21.1 Å². The number of ether oxygens (including phenoxy) is 1. The number of aryl methyl sites for hydroxylation is 1. The maximum Gasteiger partial charge on any atom is 0.251 e. The molecule has 0 bridgehead atoms. The zero-order chi connectivity index (χ0) is 15.1. The van der Waals surface area contributed by atoms with Crippen molar-refractivity contribution in [2.24, 2.45) is 0 Å². The molecule has 0 aliphatic carbocycles. The summed E-state index contributed by atoms with van der Waals surface area (Å²) in [5.41, 5.74) is 7.65. The van der Waals surface area contributed by atoms with E-state index in [2.05, 4.69) is 10.6 Å². The van der Waals surface area contributed by atoms with E-state index in [1.165, 1.54) is 0 Å². The predicted molar refractivity (Wildman–Crippen MR) is 77.4 cm³/mol. The van der Waals surface area contributed by atoms with Crippen molar-refractivity contribution < 1.29 is 14.3 Å². The Balaban J connectivity index is 2.56. The average molecular weight is 279 g/mol. The first kappa shape index (κ1) is 16.0. The largest absolute Gasteiger partial charge is 0.398 e. The van der Waals surface area contributed by atoms with Crippen LogP contribution >= 0.6 is 0 Å². The molecule has 0 fully saturated rings. The molecule has 1 aromatic carbocycles. The van der Waals surface area contributed by atoms with E-state index < -0.39 is 6.04 Å². The Labute approximate surface area is 118 Å². The van der Waals surface area contributed by atoms with Crippen LogP contribution in [-0.4, -0.2) is 38.1 Å². The van der Waals surface area contributed by atoms with Crippen molar-refractivity contribution in [2.45, 2.75) is 19.9 Å². The number of nitrogens with two attached hydrogens (primary N) is 1. The molecular formula is C14H21N3O3. The van der Waals surface area contributed by atoms with Gasteiger partial charge in [-0.05, 0) is 31.5 Å². The highest BCUT2D eigenvalue weighted by atomic mass is 16.5. The third-order valence-corrected chi connectivity index (χ3v) is 2.89. The molecule has 0 radical (unpaired) electrons. The number of nitrogen functional groups attached to an aromatic ring is 1. The first-order valence-electron chi connectivity index (χ1n) is 6.39. The molecule has 0 aliphatic heterocycles. The first-order valence-corrected chi connectivity index (χ1v) is 6.39. The van der Waals surface area contributed by atoms with Crippen LogP contribution in [0, 0.1) is 6.92 Å². The molecule has 0 aromatic heterocycles. The smallest absolute Gasteiger partial charge is 0.251 e. The standard InChI is InChI=1S/C14H21N3O3/c1-9-4-5-11(8-12(9)15)14(19)17-10(2)13(18)16-6-7-20-3/h4-5,8,10H,6-7,15H2,1-3H3,(H,16,18)(H,17,19). The van der Waals surface area contributed by atoms with Crippen LogP contribution in [0.3, 0.4) is 0 Å². The molecule has 0 aliphatic rings. The molecule has 0 heterocycles. The Morgan fingerprint density at radius 2 is 2.10 bits per heavy atom. The molecule has 4 N–H and O–H groups in total. The van der Waals surface area contributed by atoms with Crippen LogP contribution in [0.2, 0.25) is 0 Å². The van der Waals surface area contributed by atoms with Gasteiger partial charge in [0.1, 0.15) is 6.04 Å². The zero-order valence-electron chi connectivity index (χ0n) is 12.0. The van der Waals surface area contributed by atoms with Crippen molar-refractivity contribution in [1.29, 1.82) is 0 Å². The first-order chi connectivity index (χ1) is 9.45. The minimum absolute atomic E-state index is 0.254. The molecule has 1 atom stereocenters. The van der Waals surface area contributed by atoms with Gasteiger partial charge in [0, 0.05) is 24.9 Å². The summed E-state index contributed by atoms with van der Waals surface area (Å²) >= 11 is 0. The summed E-state index contributed by atoms with van der Waals surface area (Å²) in [5.74, 6) is -0.582. The molecule has 0 spiro atoms. The molecule has 1 aromatic rings. The van der Waals surface area contributed by atoms with Crippen LogP contribution in [0.25, 0.3) is 0 Å². The third kappa shape index (κ3) is 4.55. The van der Waals surface area contributed by atoms with E-state index in [-0.39, 0.29) is 11.8 Å². The molecular weight excluding hydrogens is 258 g/mol. The number of benzene rings is 1. The molecule has 110 valence electrons. The lowest BCUT2D eigenvalue weighted by atomic mass is 10.1. The number of carbonyl (C=O) groups excluding carboxylic acids is 2. The van der Waals surface area contributed by atoms with Gasteiger partial charge in [-0.2, -0.15) is 0 Å². The van der Waals surface area contributed by atoms with Crippen LogP contribution in [0.4, 0.5) is 5.69 Å². The van der Waals surface area contributed by atoms with E-state index in [1.54, 1.807) is 32.2 Å². The van der Waals surface area contributed by atoms with E-state index >= 15 is 0 Å². The van der Waals surface area contributed by atoms with Gasteiger partial charge in [-0.1, -0.05) is 6.07 Å². The van der Waals surface area contributed by atoms with Gasteiger partial charge in [0.2, 0.25) is 5.91 Å². The van der Waals surface area contributed by atoms with Gasteiger partial charge in [0.05, 0.1) is 6.61 Å². The van der Waals surface area contributed by atoms with Crippen LogP contribution in [0.5, 0.6) is 0 Å². The number of amides is 2. The summed E-state index contributed by atoms with van der Waals surface area (Å²) in [4.78, 5) is 23.7.